The maximum atomic E-state index is 11.8. The predicted octanol–water partition coefficient (Wildman–Crippen LogP) is -0.781. The van der Waals surface area contributed by atoms with Gasteiger partial charge in [-0.2, -0.15) is 0 Å². The van der Waals surface area contributed by atoms with E-state index in [-0.39, 0.29) is 5.25 Å². The van der Waals surface area contributed by atoms with E-state index in [1.165, 1.54) is 0 Å². The number of nitrogens with zero attached hydrogens (tertiary/aromatic N) is 1. The molecule has 2 N–H and O–H groups in total. The topological polar surface area (TPSA) is 61.4 Å². The monoisotopic (exact) mass is 235 g/mol. The van der Waals surface area contributed by atoms with Crippen molar-refractivity contribution in [1.82, 2.24) is 14.9 Å². The van der Waals surface area contributed by atoms with E-state index < -0.39 is 10.0 Å². The lowest BCUT2D eigenvalue weighted by Gasteiger charge is -2.23. The van der Waals surface area contributed by atoms with Gasteiger partial charge in [-0.25, -0.2) is 13.1 Å². The van der Waals surface area contributed by atoms with Crippen molar-refractivity contribution in [3.63, 3.8) is 0 Å². The first-order chi connectivity index (χ1) is 7.02. The highest BCUT2D eigenvalue weighted by molar-refractivity contribution is 7.90. The maximum Gasteiger partial charge on any atom is 0.214 e. The third-order valence-electron chi connectivity index (χ3n) is 2.59. The van der Waals surface area contributed by atoms with Crippen LogP contribution in [-0.4, -0.2) is 58.8 Å². The van der Waals surface area contributed by atoms with E-state index in [0.717, 1.165) is 32.5 Å². The minimum absolute atomic E-state index is 0.207. The molecule has 0 aromatic rings. The fourth-order valence-corrected chi connectivity index (χ4v) is 3.10. The van der Waals surface area contributed by atoms with Crippen LogP contribution in [-0.2, 0) is 10.0 Å². The average molecular weight is 235 g/mol. The molecule has 0 amide bonds. The van der Waals surface area contributed by atoms with Crippen LogP contribution in [0.3, 0.4) is 0 Å². The van der Waals surface area contributed by atoms with Crippen LogP contribution in [0.2, 0.25) is 0 Å². The van der Waals surface area contributed by atoms with Gasteiger partial charge in [-0.05, 0) is 40.0 Å². The van der Waals surface area contributed by atoms with Gasteiger partial charge in [-0.3, -0.25) is 0 Å². The van der Waals surface area contributed by atoms with E-state index in [2.05, 4.69) is 10.0 Å². The lowest BCUT2D eigenvalue weighted by Crippen LogP contribution is -2.43. The van der Waals surface area contributed by atoms with E-state index in [1.807, 2.05) is 19.0 Å². The molecule has 15 heavy (non-hydrogen) atoms. The molecule has 0 unspecified atom stereocenters. The SMILES string of the molecule is CN(C)CCNS(=O)(=O)C1CCNCC1. The molecule has 0 saturated carbocycles. The van der Waals surface area contributed by atoms with Gasteiger partial charge in [-0.15, -0.1) is 0 Å². The number of sulfonamides is 1. The molecular weight excluding hydrogens is 214 g/mol. The summed E-state index contributed by atoms with van der Waals surface area (Å²) in [4.78, 5) is 1.96. The zero-order valence-corrected chi connectivity index (χ0v) is 10.3. The van der Waals surface area contributed by atoms with Crippen molar-refractivity contribution in [2.24, 2.45) is 0 Å². The number of likely N-dealkylation sites (N-methyl/N-ethyl adjacent to an activating group) is 1. The largest absolute Gasteiger partial charge is 0.317 e. The van der Waals surface area contributed by atoms with Crippen LogP contribution in [0.15, 0.2) is 0 Å². The van der Waals surface area contributed by atoms with E-state index in [9.17, 15) is 8.42 Å². The van der Waals surface area contributed by atoms with Crippen molar-refractivity contribution in [1.29, 1.82) is 0 Å². The quantitative estimate of drug-likeness (QED) is 0.656. The molecule has 1 aliphatic heterocycles. The lowest BCUT2D eigenvalue weighted by atomic mass is 10.2. The minimum atomic E-state index is -3.10. The molecule has 0 aromatic carbocycles. The first kappa shape index (κ1) is 12.9. The Morgan fingerprint density at radius 3 is 2.47 bits per heavy atom. The summed E-state index contributed by atoms with van der Waals surface area (Å²) in [6.07, 6.45) is 1.44. The third kappa shape index (κ3) is 4.46. The van der Waals surface area contributed by atoms with E-state index in [1.54, 1.807) is 0 Å². The Bertz CT molecular complexity index is 271. The van der Waals surface area contributed by atoms with Crippen molar-refractivity contribution in [2.75, 3.05) is 40.3 Å². The zero-order chi connectivity index (χ0) is 11.3. The highest BCUT2D eigenvalue weighted by Crippen LogP contribution is 2.11. The number of piperidine rings is 1. The van der Waals surface area contributed by atoms with Crippen molar-refractivity contribution in [2.45, 2.75) is 18.1 Å². The van der Waals surface area contributed by atoms with Gasteiger partial charge in [0.25, 0.3) is 0 Å². The summed E-state index contributed by atoms with van der Waals surface area (Å²) in [6.45, 7) is 2.85. The smallest absolute Gasteiger partial charge is 0.214 e. The van der Waals surface area contributed by atoms with Gasteiger partial charge in [0.1, 0.15) is 0 Å². The molecule has 1 fully saturated rings. The molecule has 0 radical (unpaired) electrons. The molecule has 0 spiro atoms. The summed E-state index contributed by atoms with van der Waals surface area (Å²) in [6, 6.07) is 0. The number of hydrogen-bond donors (Lipinski definition) is 2. The van der Waals surface area contributed by atoms with Gasteiger partial charge >= 0.3 is 0 Å². The molecule has 1 rings (SSSR count). The van der Waals surface area contributed by atoms with Crippen molar-refractivity contribution in [3.05, 3.63) is 0 Å². The highest BCUT2D eigenvalue weighted by Gasteiger charge is 2.26. The van der Waals surface area contributed by atoms with Gasteiger partial charge in [-0.1, -0.05) is 0 Å². The molecule has 0 bridgehead atoms. The van der Waals surface area contributed by atoms with Gasteiger partial charge in [0.2, 0.25) is 10.0 Å². The standard InChI is InChI=1S/C9H21N3O2S/c1-12(2)8-7-11-15(13,14)9-3-5-10-6-4-9/h9-11H,3-8H2,1-2H3. The summed E-state index contributed by atoms with van der Waals surface area (Å²) in [7, 11) is 0.763. The van der Waals surface area contributed by atoms with Gasteiger partial charge in [0.05, 0.1) is 5.25 Å². The summed E-state index contributed by atoms with van der Waals surface area (Å²) < 4.78 is 26.3. The molecule has 1 aliphatic rings. The molecule has 0 aliphatic carbocycles. The molecule has 6 heteroatoms. The summed E-state index contributed by atoms with van der Waals surface area (Å²) in [5.41, 5.74) is 0. The normalized spacial score (nSPS) is 19.7. The number of rotatable bonds is 5. The predicted molar refractivity (Wildman–Crippen MR) is 61.4 cm³/mol. The number of hydrogen-bond acceptors (Lipinski definition) is 4. The maximum absolute atomic E-state index is 11.8. The van der Waals surface area contributed by atoms with Crippen LogP contribution < -0.4 is 10.0 Å². The second-order valence-electron chi connectivity index (χ2n) is 4.19. The first-order valence-electron chi connectivity index (χ1n) is 5.36. The van der Waals surface area contributed by atoms with Crippen LogP contribution >= 0.6 is 0 Å². The van der Waals surface area contributed by atoms with Gasteiger partial charge in [0.15, 0.2) is 0 Å². The Balaban J connectivity index is 2.36. The Labute approximate surface area is 92.3 Å². The molecule has 1 heterocycles. The van der Waals surface area contributed by atoms with E-state index >= 15 is 0 Å². The first-order valence-corrected chi connectivity index (χ1v) is 6.91. The van der Waals surface area contributed by atoms with Crippen LogP contribution in [0.4, 0.5) is 0 Å². The molecular formula is C9H21N3O2S. The number of nitrogens with one attached hydrogen (secondary N) is 2. The van der Waals surface area contributed by atoms with E-state index in [4.69, 9.17) is 0 Å². The van der Waals surface area contributed by atoms with Crippen molar-refractivity contribution < 1.29 is 8.42 Å². The second-order valence-corrected chi connectivity index (χ2v) is 6.24. The Hall–Kier alpha value is -0.170. The van der Waals surface area contributed by atoms with Gasteiger partial charge in [0, 0.05) is 13.1 Å². The molecule has 0 aromatic heterocycles. The highest BCUT2D eigenvalue weighted by atomic mass is 32.2. The summed E-state index contributed by atoms with van der Waals surface area (Å²) in [5, 5.41) is 2.95. The minimum Gasteiger partial charge on any atom is -0.317 e. The lowest BCUT2D eigenvalue weighted by molar-refractivity contribution is 0.410. The fraction of sp³-hybridized carbons (Fsp3) is 1.00. The molecule has 0 atom stereocenters. The van der Waals surface area contributed by atoms with Gasteiger partial charge < -0.3 is 10.2 Å². The van der Waals surface area contributed by atoms with Crippen LogP contribution in [0.25, 0.3) is 0 Å². The van der Waals surface area contributed by atoms with Crippen molar-refractivity contribution in [3.8, 4) is 0 Å². The molecule has 5 nitrogen and oxygen atoms in total. The third-order valence-corrected chi connectivity index (χ3v) is 4.54. The van der Waals surface area contributed by atoms with E-state index in [0.29, 0.717) is 6.54 Å². The molecule has 90 valence electrons. The van der Waals surface area contributed by atoms with Crippen LogP contribution in [0, 0.1) is 0 Å². The Morgan fingerprint density at radius 2 is 1.93 bits per heavy atom. The second kappa shape index (κ2) is 5.79. The van der Waals surface area contributed by atoms with Crippen LogP contribution in [0.5, 0.6) is 0 Å². The van der Waals surface area contributed by atoms with Crippen molar-refractivity contribution >= 4 is 10.0 Å². The summed E-state index contributed by atoms with van der Waals surface area (Å²) >= 11 is 0. The summed E-state index contributed by atoms with van der Waals surface area (Å²) in [5.74, 6) is 0. The zero-order valence-electron chi connectivity index (χ0n) is 9.49. The van der Waals surface area contributed by atoms with Crippen LogP contribution in [0.1, 0.15) is 12.8 Å². The fourth-order valence-electron chi connectivity index (χ4n) is 1.64. The average Bonchev–Trinajstić information content (AvgIpc) is 2.18. The Morgan fingerprint density at radius 1 is 1.33 bits per heavy atom. The Kier molecular flexibility index (Phi) is 4.98. The molecule has 1 saturated heterocycles.